The minimum Gasteiger partial charge on any atom is -0.303 e. The van der Waals surface area contributed by atoms with Crippen LogP contribution in [0.1, 0.15) is 32.6 Å². The van der Waals surface area contributed by atoms with Crippen LogP contribution in [-0.2, 0) is 4.79 Å². The van der Waals surface area contributed by atoms with Crippen LogP contribution >= 0.6 is 0 Å². The molecule has 3 nitrogen and oxygen atoms in total. The summed E-state index contributed by atoms with van der Waals surface area (Å²) in [5.41, 5.74) is 8.78. The van der Waals surface area contributed by atoms with Crippen molar-refractivity contribution in [3.8, 4) is 0 Å². The molecule has 3 heteroatoms. The molecule has 0 bridgehead atoms. The topological polar surface area (TPSA) is 53.3 Å². The lowest BCUT2D eigenvalue weighted by molar-refractivity contribution is -0.115. The summed E-state index contributed by atoms with van der Waals surface area (Å²) in [6.45, 7) is 2.35. The highest BCUT2D eigenvalue weighted by Gasteiger charge is 2.54. The number of nitrogens with zero attached hydrogens (tertiary/aromatic N) is 1. The van der Waals surface area contributed by atoms with Gasteiger partial charge in [-0.05, 0) is 54.4 Å². The molecular weight excluding hydrogens is 272 g/mol. The lowest BCUT2D eigenvalue weighted by Gasteiger charge is -2.50. The summed E-state index contributed by atoms with van der Waals surface area (Å²) < 4.78 is 0. The van der Waals surface area contributed by atoms with E-state index >= 15 is 0 Å². The first-order valence-electron chi connectivity index (χ1n) is 8.57. The zero-order valence-electron chi connectivity index (χ0n) is 13.1. The van der Waals surface area contributed by atoms with E-state index in [4.69, 9.17) is 5.53 Å². The van der Waals surface area contributed by atoms with E-state index < -0.39 is 0 Å². The molecule has 4 aliphatic carbocycles. The Hall–Kier alpha value is -1.51. The molecule has 2 saturated carbocycles. The van der Waals surface area contributed by atoms with Crippen molar-refractivity contribution < 1.29 is 4.79 Å². The Morgan fingerprint density at radius 3 is 2.91 bits per heavy atom. The van der Waals surface area contributed by atoms with E-state index in [-0.39, 0.29) is 17.4 Å². The van der Waals surface area contributed by atoms with E-state index in [0.717, 1.165) is 6.42 Å². The van der Waals surface area contributed by atoms with Crippen LogP contribution in [0, 0.1) is 40.5 Å². The monoisotopic (exact) mass is 296 g/mol. The molecular formula is C19H24N2O. The molecule has 22 heavy (non-hydrogen) atoms. The number of carbonyl (C=O) groups is 1. The molecule has 0 radical (unpaired) electrons. The largest absolute Gasteiger partial charge is 0.303 e. The van der Waals surface area contributed by atoms with Gasteiger partial charge in [0.15, 0.2) is 0 Å². The van der Waals surface area contributed by atoms with Gasteiger partial charge < -0.3 is 4.79 Å². The molecule has 2 fully saturated rings. The quantitative estimate of drug-likeness (QED) is 0.460. The SMILES string of the molecule is C[C@]12CC[C@H]3[C@@H](C=CC4=CC(N=N)C=C[C@@H]43)[C@@H]1CCC2C=O. The first-order chi connectivity index (χ1) is 10.7. The van der Waals surface area contributed by atoms with Crippen LogP contribution < -0.4 is 0 Å². The van der Waals surface area contributed by atoms with Crippen molar-refractivity contribution in [3.05, 3.63) is 36.0 Å². The molecule has 0 aromatic rings. The number of nitrogens with one attached hydrogen (secondary N) is 1. The smallest absolute Gasteiger partial charge is 0.123 e. The van der Waals surface area contributed by atoms with Gasteiger partial charge in [0.25, 0.3) is 0 Å². The lowest BCUT2D eigenvalue weighted by atomic mass is 9.53. The fourth-order valence-electron chi connectivity index (χ4n) is 5.75. The zero-order valence-corrected chi connectivity index (χ0v) is 13.1. The standard InChI is InChI=1S/C19H24N2O/c1-19-9-8-16-15-6-4-14(21-20)10-12(15)2-5-17(16)18(19)7-3-13(19)11-22/h2,4-6,10-11,13-18,20H,3,7-9H2,1H3/t13?,14?,15-,16+,17+,18-,19+/m0/s1. The molecule has 0 heterocycles. The van der Waals surface area contributed by atoms with Gasteiger partial charge in [0, 0.05) is 11.8 Å². The van der Waals surface area contributed by atoms with Crippen molar-refractivity contribution in [2.75, 3.05) is 0 Å². The molecule has 0 aromatic heterocycles. The highest BCUT2D eigenvalue weighted by molar-refractivity contribution is 5.56. The van der Waals surface area contributed by atoms with Gasteiger partial charge in [-0.25, -0.2) is 5.53 Å². The summed E-state index contributed by atoms with van der Waals surface area (Å²) in [6.07, 6.45) is 17.1. The van der Waals surface area contributed by atoms with E-state index in [1.807, 2.05) is 0 Å². The molecule has 4 aliphatic rings. The number of carbonyl (C=O) groups excluding carboxylic acids is 1. The molecule has 1 N–H and O–H groups in total. The Bertz CT molecular complexity index is 590. The number of allylic oxidation sites excluding steroid dienone is 4. The minimum atomic E-state index is -0.0766. The fourth-order valence-corrected chi connectivity index (χ4v) is 5.75. The first kappa shape index (κ1) is 14.1. The summed E-state index contributed by atoms with van der Waals surface area (Å²) in [7, 11) is 0. The molecule has 2 unspecified atom stereocenters. The second kappa shape index (κ2) is 5.00. The van der Waals surface area contributed by atoms with Crippen LogP contribution in [0.3, 0.4) is 0 Å². The molecule has 0 aliphatic heterocycles. The molecule has 0 saturated heterocycles. The first-order valence-corrected chi connectivity index (χ1v) is 8.57. The highest BCUT2D eigenvalue weighted by Crippen LogP contribution is 2.61. The van der Waals surface area contributed by atoms with Crippen molar-refractivity contribution in [1.29, 1.82) is 5.53 Å². The third-order valence-electron chi connectivity index (χ3n) is 7.01. The third kappa shape index (κ3) is 1.84. The Kier molecular flexibility index (Phi) is 3.21. The van der Waals surface area contributed by atoms with Crippen LogP contribution in [-0.4, -0.2) is 12.3 Å². The van der Waals surface area contributed by atoms with Crippen molar-refractivity contribution in [2.24, 2.45) is 40.1 Å². The highest BCUT2D eigenvalue weighted by atomic mass is 16.1. The van der Waals surface area contributed by atoms with E-state index in [2.05, 4.69) is 42.4 Å². The Balaban J connectivity index is 1.67. The van der Waals surface area contributed by atoms with E-state index in [0.29, 0.717) is 23.7 Å². The second-order valence-corrected chi connectivity index (χ2v) is 7.77. The molecule has 4 rings (SSSR count). The van der Waals surface area contributed by atoms with Gasteiger partial charge in [0.1, 0.15) is 12.3 Å². The van der Waals surface area contributed by atoms with Gasteiger partial charge in [0.2, 0.25) is 0 Å². The maximum absolute atomic E-state index is 11.5. The number of hydrogen-bond acceptors (Lipinski definition) is 3. The van der Waals surface area contributed by atoms with Crippen LogP contribution in [0.2, 0.25) is 0 Å². The molecule has 0 amide bonds. The Morgan fingerprint density at radius 1 is 1.27 bits per heavy atom. The average Bonchev–Trinajstić information content (AvgIpc) is 2.90. The van der Waals surface area contributed by atoms with E-state index in [1.165, 1.54) is 31.1 Å². The predicted molar refractivity (Wildman–Crippen MR) is 85.4 cm³/mol. The van der Waals surface area contributed by atoms with Crippen molar-refractivity contribution in [3.63, 3.8) is 0 Å². The summed E-state index contributed by atoms with van der Waals surface area (Å²) in [5.74, 6) is 2.69. The van der Waals surface area contributed by atoms with E-state index in [9.17, 15) is 4.79 Å². The molecule has 0 spiro atoms. The number of aldehydes is 1. The minimum absolute atomic E-state index is 0.0766. The van der Waals surface area contributed by atoms with Gasteiger partial charge in [-0.15, -0.1) is 0 Å². The van der Waals surface area contributed by atoms with Crippen molar-refractivity contribution >= 4 is 6.29 Å². The number of hydrogen-bond donors (Lipinski definition) is 1. The summed E-state index contributed by atoms with van der Waals surface area (Å²) in [4.78, 5) is 11.5. The maximum atomic E-state index is 11.5. The summed E-state index contributed by atoms with van der Waals surface area (Å²) in [6, 6.07) is -0.0766. The zero-order chi connectivity index (χ0) is 15.3. The van der Waals surface area contributed by atoms with Crippen LogP contribution in [0.25, 0.3) is 0 Å². The maximum Gasteiger partial charge on any atom is 0.123 e. The van der Waals surface area contributed by atoms with Crippen molar-refractivity contribution in [2.45, 2.75) is 38.6 Å². The van der Waals surface area contributed by atoms with E-state index in [1.54, 1.807) is 0 Å². The number of fused-ring (bicyclic) bond motifs is 5. The molecule has 7 atom stereocenters. The van der Waals surface area contributed by atoms with Gasteiger partial charge in [-0.2, -0.15) is 5.11 Å². The fraction of sp³-hybridized carbons (Fsp3) is 0.632. The van der Waals surface area contributed by atoms with Crippen LogP contribution in [0.5, 0.6) is 0 Å². The Morgan fingerprint density at radius 2 is 2.14 bits per heavy atom. The third-order valence-corrected chi connectivity index (χ3v) is 7.01. The number of rotatable bonds is 2. The Labute approximate surface area is 132 Å². The lowest BCUT2D eigenvalue weighted by Crippen LogP contribution is -2.44. The second-order valence-electron chi connectivity index (χ2n) is 7.77. The van der Waals surface area contributed by atoms with Gasteiger partial charge >= 0.3 is 0 Å². The summed E-state index contributed by atoms with van der Waals surface area (Å²) in [5, 5.41) is 3.64. The average molecular weight is 296 g/mol. The predicted octanol–water partition coefficient (Wildman–Crippen LogP) is 4.33. The van der Waals surface area contributed by atoms with Gasteiger partial charge in [-0.3, -0.25) is 0 Å². The van der Waals surface area contributed by atoms with Crippen molar-refractivity contribution in [1.82, 2.24) is 0 Å². The van der Waals surface area contributed by atoms with Crippen LogP contribution in [0.4, 0.5) is 0 Å². The van der Waals surface area contributed by atoms with Gasteiger partial charge in [-0.1, -0.05) is 37.3 Å². The van der Waals surface area contributed by atoms with Gasteiger partial charge in [0.05, 0.1) is 0 Å². The molecule has 0 aromatic carbocycles. The normalized spacial score (nSPS) is 48.9. The summed E-state index contributed by atoms with van der Waals surface area (Å²) >= 11 is 0. The van der Waals surface area contributed by atoms with Crippen LogP contribution in [0.15, 0.2) is 41.1 Å². The molecule has 116 valence electrons.